The molecule has 2 N–H and O–H groups in total. The summed E-state index contributed by atoms with van der Waals surface area (Å²) >= 11 is 3.37. The van der Waals surface area contributed by atoms with Gasteiger partial charge in [0.15, 0.2) is 0 Å². The maximum atomic E-state index is 11.5. The number of carbonyl (C=O) groups excluding carboxylic acids is 1. The van der Waals surface area contributed by atoms with Gasteiger partial charge in [0.05, 0.1) is 7.11 Å². The lowest BCUT2D eigenvalue weighted by Gasteiger charge is -2.15. The van der Waals surface area contributed by atoms with Crippen molar-refractivity contribution in [1.82, 2.24) is 4.57 Å². The van der Waals surface area contributed by atoms with Crippen molar-refractivity contribution in [1.29, 1.82) is 0 Å². The minimum atomic E-state index is -0.307. The lowest BCUT2D eigenvalue weighted by molar-refractivity contribution is 0.0587. The van der Waals surface area contributed by atoms with Crippen molar-refractivity contribution in [3.8, 4) is 0 Å². The number of halogens is 1. The summed E-state index contributed by atoms with van der Waals surface area (Å²) in [4.78, 5) is 11.5. The summed E-state index contributed by atoms with van der Waals surface area (Å²) in [5, 5.41) is 0. The maximum absolute atomic E-state index is 11.5. The fourth-order valence-electron chi connectivity index (χ4n) is 1.85. The highest BCUT2D eigenvalue weighted by Gasteiger charge is 2.42. The van der Waals surface area contributed by atoms with Gasteiger partial charge in [0.2, 0.25) is 0 Å². The number of carbonyl (C=O) groups is 1. The molecule has 0 aromatic carbocycles. The maximum Gasteiger partial charge on any atom is 0.354 e. The Labute approximate surface area is 103 Å². The molecular weight excluding hydrogens is 272 g/mol. The molecule has 0 aliphatic heterocycles. The summed E-state index contributed by atoms with van der Waals surface area (Å²) in [6.07, 6.45) is 4.18. The topological polar surface area (TPSA) is 57.2 Å². The number of nitrogens with two attached hydrogens (primary N) is 1. The number of ether oxygens (including phenoxy) is 1. The molecular formula is C11H15BrN2O2. The molecule has 4 nitrogen and oxygen atoms in total. The molecule has 0 bridgehead atoms. The Morgan fingerprint density at radius 1 is 1.69 bits per heavy atom. The summed E-state index contributed by atoms with van der Waals surface area (Å²) in [5.41, 5.74) is 6.51. The first-order valence-electron chi connectivity index (χ1n) is 5.24. The number of methoxy groups -OCH3 is 1. The van der Waals surface area contributed by atoms with E-state index in [1.807, 2.05) is 10.8 Å². The molecule has 0 unspecified atom stereocenters. The van der Waals surface area contributed by atoms with E-state index in [1.54, 1.807) is 6.07 Å². The van der Waals surface area contributed by atoms with Gasteiger partial charge in [0, 0.05) is 22.6 Å². The standard InChI is InChI=1S/C11H15BrN2O2/c1-16-10(15)9-4-8(12)5-14(9)7-11(6-13)2-3-11/h4-5H,2-3,6-7,13H2,1H3. The number of esters is 1. The van der Waals surface area contributed by atoms with E-state index in [2.05, 4.69) is 15.9 Å². The molecule has 1 aromatic heterocycles. The molecule has 88 valence electrons. The van der Waals surface area contributed by atoms with Gasteiger partial charge < -0.3 is 15.0 Å². The second-order valence-corrected chi connectivity index (χ2v) is 5.28. The molecule has 1 aliphatic rings. The van der Waals surface area contributed by atoms with Gasteiger partial charge in [-0.1, -0.05) is 0 Å². The highest BCUT2D eigenvalue weighted by molar-refractivity contribution is 9.10. The lowest BCUT2D eigenvalue weighted by Crippen LogP contribution is -2.23. The predicted octanol–water partition coefficient (Wildman–Crippen LogP) is 1.78. The van der Waals surface area contributed by atoms with Crippen LogP contribution in [0, 0.1) is 5.41 Å². The van der Waals surface area contributed by atoms with Gasteiger partial charge in [-0.3, -0.25) is 0 Å². The van der Waals surface area contributed by atoms with Gasteiger partial charge in [-0.05, 0) is 41.4 Å². The van der Waals surface area contributed by atoms with E-state index in [0.29, 0.717) is 12.2 Å². The first-order valence-corrected chi connectivity index (χ1v) is 6.03. The normalized spacial score (nSPS) is 17.2. The number of hydrogen-bond donors (Lipinski definition) is 1. The molecule has 0 spiro atoms. The second kappa shape index (κ2) is 4.22. The molecule has 1 heterocycles. The van der Waals surface area contributed by atoms with E-state index in [1.165, 1.54) is 7.11 Å². The van der Waals surface area contributed by atoms with Crippen LogP contribution >= 0.6 is 15.9 Å². The van der Waals surface area contributed by atoms with Crippen molar-refractivity contribution in [2.24, 2.45) is 11.1 Å². The number of hydrogen-bond acceptors (Lipinski definition) is 3. The molecule has 0 saturated heterocycles. The van der Waals surface area contributed by atoms with Crippen molar-refractivity contribution in [2.45, 2.75) is 19.4 Å². The van der Waals surface area contributed by atoms with Crippen LogP contribution in [0.1, 0.15) is 23.3 Å². The quantitative estimate of drug-likeness (QED) is 0.859. The van der Waals surface area contributed by atoms with Crippen LogP contribution in [0.2, 0.25) is 0 Å². The van der Waals surface area contributed by atoms with Crippen LogP contribution in [-0.2, 0) is 11.3 Å². The Hall–Kier alpha value is -0.810. The van der Waals surface area contributed by atoms with Crippen molar-refractivity contribution in [3.05, 3.63) is 22.4 Å². The number of nitrogens with zero attached hydrogens (tertiary/aromatic N) is 1. The molecule has 0 radical (unpaired) electrons. The van der Waals surface area contributed by atoms with Gasteiger partial charge in [-0.25, -0.2) is 4.79 Å². The summed E-state index contributed by atoms with van der Waals surface area (Å²) in [5.74, 6) is -0.307. The van der Waals surface area contributed by atoms with E-state index < -0.39 is 0 Å². The molecule has 5 heteroatoms. The average molecular weight is 287 g/mol. The molecule has 2 rings (SSSR count). The van der Waals surface area contributed by atoms with E-state index >= 15 is 0 Å². The molecule has 0 amide bonds. The smallest absolute Gasteiger partial charge is 0.354 e. The first-order chi connectivity index (χ1) is 7.60. The summed E-state index contributed by atoms with van der Waals surface area (Å²) < 4.78 is 7.56. The van der Waals surface area contributed by atoms with Crippen LogP contribution in [0.4, 0.5) is 0 Å². The first kappa shape index (κ1) is 11.7. The average Bonchev–Trinajstić information content (AvgIpc) is 2.95. The van der Waals surface area contributed by atoms with Gasteiger partial charge in [0.25, 0.3) is 0 Å². The summed E-state index contributed by atoms with van der Waals surface area (Å²) in [6.45, 7) is 1.46. The molecule has 1 saturated carbocycles. The third kappa shape index (κ3) is 2.15. The number of aromatic nitrogens is 1. The molecule has 1 aromatic rings. The highest BCUT2D eigenvalue weighted by atomic mass is 79.9. The predicted molar refractivity (Wildman–Crippen MR) is 64.2 cm³/mol. The van der Waals surface area contributed by atoms with E-state index in [0.717, 1.165) is 23.9 Å². The number of rotatable bonds is 4. The third-order valence-corrected chi connectivity index (χ3v) is 3.59. The van der Waals surface area contributed by atoms with Gasteiger partial charge in [-0.2, -0.15) is 0 Å². The van der Waals surface area contributed by atoms with Crippen LogP contribution in [0.15, 0.2) is 16.7 Å². The van der Waals surface area contributed by atoms with Crippen LogP contribution in [0.5, 0.6) is 0 Å². The van der Waals surface area contributed by atoms with E-state index in [4.69, 9.17) is 10.5 Å². The Morgan fingerprint density at radius 2 is 2.38 bits per heavy atom. The minimum Gasteiger partial charge on any atom is -0.464 e. The van der Waals surface area contributed by atoms with Crippen molar-refractivity contribution >= 4 is 21.9 Å². The zero-order valence-corrected chi connectivity index (χ0v) is 10.8. The molecule has 1 fully saturated rings. The highest BCUT2D eigenvalue weighted by Crippen LogP contribution is 2.46. The SMILES string of the molecule is COC(=O)c1cc(Br)cn1CC1(CN)CC1. The van der Waals surface area contributed by atoms with Crippen molar-refractivity contribution in [2.75, 3.05) is 13.7 Å². The molecule has 0 atom stereocenters. The van der Waals surface area contributed by atoms with Crippen LogP contribution < -0.4 is 5.73 Å². The monoisotopic (exact) mass is 286 g/mol. The fraction of sp³-hybridized carbons (Fsp3) is 0.545. The zero-order valence-electron chi connectivity index (χ0n) is 9.20. The molecule has 1 aliphatic carbocycles. The Balaban J connectivity index is 2.23. The Kier molecular flexibility index (Phi) is 3.08. The van der Waals surface area contributed by atoms with Crippen LogP contribution in [-0.4, -0.2) is 24.2 Å². The summed E-state index contributed by atoms with van der Waals surface area (Å²) in [6, 6.07) is 1.78. The van der Waals surface area contributed by atoms with Gasteiger partial charge in [-0.15, -0.1) is 0 Å². The lowest BCUT2D eigenvalue weighted by atomic mass is 10.1. The van der Waals surface area contributed by atoms with Gasteiger partial charge >= 0.3 is 5.97 Å². The summed E-state index contributed by atoms with van der Waals surface area (Å²) in [7, 11) is 1.39. The van der Waals surface area contributed by atoms with Crippen molar-refractivity contribution < 1.29 is 9.53 Å². The third-order valence-electron chi connectivity index (χ3n) is 3.15. The second-order valence-electron chi connectivity index (χ2n) is 4.37. The van der Waals surface area contributed by atoms with Crippen molar-refractivity contribution in [3.63, 3.8) is 0 Å². The van der Waals surface area contributed by atoms with E-state index in [9.17, 15) is 4.79 Å². The minimum absolute atomic E-state index is 0.196. The Bertz CT molecular complexity index is 410. The fourth-order valence-corrected chi connectivity index (χ4v) is 2.31. The van der Waals surface area contributed by atoms with Gasteiger partial charge in [0.1, 0.15) is 5.69 Å². The largest absolute Gasteiger partial charge is 0.464 e. The molecule has 16 heavy (non-hydrogen) atoms. The van der Waals surface area contributed by atoms with E-state index in [-0.39, 0.29) is 11.4 Å². The zero-order chi connectivity index (χ0) is 11.8. The van der Waals surface area contributed by atoms with Crippen LogP contribution in [0.3, 0.4) is 0 Å². The Morgan fingerprint density at radius 3 is 2.88 bits per heavy atom. The van der Waals surface area contributed by atoms with Crippen LogP contribution in [0.25, 0.3) is 0 Å².